The van der Waals surface area contributed by atoms with Gasteiger partial charge in [-0.3, -0.25) is 0 Å². The third-order valence-corrected chi connectivity index (χ3v) is 2.61. The summed E-state index contributed by atoms with van der Waals surface area (Å²) >= 11 is 0. The lowest BCUT2D eigenvalue weighted by molar-refractivity contribution is 0.174. The van der Waals surface area contributed by atoms with Crippen molar-refractivity contribution in [2.75, 3.05) is 6.79 Å². The minimum Gasteiger partial charge on any atom is -0.454 e. The molecule has 0 saturated carbocycles. The van der Waals surface area contributed by atoms with Crippen LogP contribution >= 0.6 is 0 Å². The molecule has 86 valence electrons. The third kappa shape index (κ3) is 1.82. The van der Waals surface area contributed by atoms with E-state index in [2.05, 4.69) is 9.97 Å². The molecule has 1 aromatic carbocycles. The van der Waals surface area contributed by atoms with Crippen LogP contribution in [0.4, 0.5) is 0 Å². The number of nitrogens with zero attached hydrogens (tertiary/aromatic N) is 2. The molecule has 0 amide bonds. The third-order valence-electron chi connectivity index (χ3n) is 2.61. The van der Waals surface area contributed by atoms with Gasteiger partial charge in [-0.15, -0.1) is 0 Å². The summed E-state index contributed by atoms with van der Waals surface area (Å²) in [5.74, 6) is 2.25. The monoisotopic (exact) mass is 228 g/mol. The molecule has 3 rings (SSSR count). The molecule has 17 heavy (non-hydrogen) atoms. The van der Waals surface area contributed by atoms with Crippen molar-refractivity contribution in [3.63, 3.8) is 0 Å². The Bertz CT molecular complexity index is 561. The van der Waals surface area contributed by atoms with E-state index < -0.39 is 0 Å². The Morgan fingerprint density at radius 1 is 0.941 bits per heavy atom. The van der Waals surface area contributed by atoms with E-state index in [-0.39, 0.29) is 6.79 Å². The molecule has 1 aliphatic rings. The van der Waals surface area contributed by atoms with Gasteiger partial charge in [-0.05, 0) is 38.1 Å². The fourth-order valence-corrected chi connectivity index (χ4v) is 1.89. The molecule has 0 unspecified atom stereocenters. The summed E-state index contributed by atoms with van der Waals surface area (Å²) in [6, 6.07) is 7.70. The summed E-state index contributed by atoms with van der Waals surface area (Å²) in [6.45, 7) is 4.21. The molecular formula is C13H12N2O2. The van der Waals surface area contributed by atoms with Crippen LogP contribution in [0.25, 0.3) is 11.4 Å². The normalized spacial score (nSPS) is 12.8. The van der Waals surface area contributed by atoms with Gasteiger partial charge in [-0.2, -0.15) is 0 Å². The van der Waals surface area contributed by atoms with Crippen LogP contribution in [0.1, 0.15) is 11.4 Å². The van der Waals surface area contributed by atoms with E-state index in [4.69, 9.17) is 9.47 Å². The van der Waals surface area contributed by atoms with Gasteiger partial charge in [0.1, 0.15) is 0 Å². The molecule has 4 nitrogen and oxygen atoms in total. The number of ether oxygens (including phenoxy) is 2. The largest absolute Gasteiger partial charge is 0.454 e. The molecule has 4 heteroatoms. The molecule has 0 radical (unpaired) electrons. The van der Waals surface area contributed by atoms with Gasteiger partial charge in [0.05, 0.1) is 0 Å². The molecule has 2 heterocycles. The molecule has 2 aromatic rings. The van der Waals surface area contributed by atoms with Crippen LogP contribution in [0.5, 0.6) is 11.5 Å². The van der Waals surface area contributed by atoms with Gasteiger partial charge in [0.15, 0.2) is 17.3 Å². The van der Waals surface area contributed by atoms with Crippen molar-refractivity contribution < 1.29 is 9.47 Å². The van der Waals surface area contributed by atoms with Gasteiger partial charge in [0.2, 0.25) is 6.79 Å². The summed E-state index contributed by atoms with van der Waals surface area (Å²) in [5.41, 5.74) is 2.87. The Morgan fingerprint density at radius 3 is 2.41 bits per heavy atom. The van der Waals surface area contributed by atoms with Gasteiger partial charge < -0.3 is 9.47 Å². The van der Waals surface area contributed by atoms with Crippen molar-refractivity contribution in [3.8, 4) is 22.9 Å². The molecule has 1 aliphatic heterocycles. The van der Waals surface area contributed by atoms with Crippen LogP contribution in [0, 0.1) is 13.8 Å². The second-order valence-corrected chi connectivity index (χ2v) is 4.04. The van der Waals surface area contributed by atoms with Crippen molar-refractivity contribution >= 4 is 0 Å². The zero-order chi connectivity index (χ0) is 11.8. The fraction of sp³-hybridized carbons (Fsp3) is 0.231. The lowest BCUT2D eigenvalue weighted by Crippen LogP contribution is -1.94. The van der Waals surface area contributed by atoms with Crippen LogP contribution < -0.4 is 9.47 Å². The summed E-state index contributed by atoms with van der Waals surface area (Å²) in [4.78, 5) is 8.84. The Balaban J connectivity index is 2.09. The Kier molecular flexibility index (Phi) is 2.21. The first-order valence-corrected chi connectivity index (χ1v) is 5.45. The van der Waals surface area contributed by atoms with E-state index in [1.165, 1.54) is 0 Å². The second-order valence-electron chi connectivity index (χ2n) is 4.04. The highest BCUT2D eigenvalue weighted by Gasteiger charge is 2.14. The van der Waals surface area contributed by atoms with E-state index in [1.54, 1.807) is 0 Å². The van der Waals surface area contributed by atoms with Gasteiger partial charge in [0.25, 0.3) is 0 Å². The highest BCUT2D eigenvalue weighted by Crippen LogP contribution is 2.34. The van der Waals surface area contributed by atoms with Gasteiger partial charge >= 0.3 is 0 Å². The SMILES string of the molecule is Cc1cc(C)nc(-c2ccc3c(c2)OCO3)n1. The zero-order valence-corrected chi connectivity index (χ0v) is 9.73. The Hall–Kier alpha value is -2.10. The number of rotatable bonds is 1. The van der Waals surface area contributed by atoms with Gasteiger partial charge in [0, 0.05) is 17.0 Å². The predicted molar refractivity (Wildman–Crippen MR) is 63.1 cm³/mol. The van der Waals surface area contributed by atoms with Crippen molar-refractivity contribution in [1.29, 1.82) is 0 Å². The van der Waals surface area contributed by atoms with Crippen molar-refractivity contribution in [2.45, 2.75) is 13.8 Å². The maximum Gasteiger partial charge on any atom is 0.231 e. The molecule has 0 fully saturated rings. The number of aromatic nitrogens is 2. The van der Waals surface area contributed by atoms with Crippen LogP contribution in [0.3, 0.4) is 0 Å². The minimum atomic E-state index is 0.284. The molecule has 0 atom stereocenters. The smallest absolute Gasteiger partial charge is 0.231 e. The summed E-state index contributed by atoms with van der Waals surface area (Å²) in [6.07, 6.45) is 0. The first-order valence-electron chi connectivity index (χ1n) is 5.45. The Morgan fingerprint density at radius 2 is 1.65 bits per heavy atom. The van der Waals surface area contributed by atoms with Gasteiger partial charge in [-0.1, -0.05) is 0 Å². The summed E-state index contributed by atoms with van der Waals surface area (Å²) < 4.78 is 10.6. The molecular weight excluding hydrogens is 216 g/mol. The molecule has 1 aromatic heterocycles. The van der Waals surface area contributed by atoms with E-state index in [1.807, 2.05) is 38.1 Å². The van der Waals surface area contributed by atoms with Crippen LogP contribution in [0.15, 0.2) is 24.3 Å². The van der Waals surface area contributed by atoms with E-state index in [9.17, 15) is 0 Å². The van der Waals surface area contributed by atoms with Gasteiger partial charge in [-0.25, -0.2) is 9.97 Å². The average molecular weight is 228 g/mol. The predicted octanol–water partition coefficient (Wildman–Crippen LogP) is 2.49. The quantitative estimate of drug-likeness (QED) is 0.752. The topological polar surface area (TPSA) is 44.2 Å². The molecule has 0 aliphatic carbocycles. The standard InChI is InChI=1S/C13H12N2O2/c1-8-5-9(2)15-13(14-8)10-3-4-11-12(6-10)17-7-16-11/h3-6H,7H2,1-2H3. The highest BCUT2D eigenvalue weighted by atomic mass is 16.7. The second kappa shape index (κ2) is 3.73. The first-order chi connectivity index (χ1) is 8.22. The molecule has 0 N–H and O–H groups in total. The van der Waals surface area contributed by atoms with Crippen molar-refractivity contribution in [3.05, 3.63) is 35.7 Å². The van der Waals surface area contributed by atoms with Crippen LogP contribution in [0.2, 0.25) is 0 Å². The molecule has 0 bridgehead atoms. The lowest BCUT2D eigenvalue weighted by Gasteiger charge is -2.04. The minimum absolute atomic E-state index is 0.284. The lowest BCUT2D eigenvalue weighted by atomic mass is 10.2. The summed E-state index contributed by atoms with van der Waals surface area (Å²) in [5, 5.41) is 0. The average Bonchev–Trinajstić information content (AvgIpc) is 2.74. The number of benzene rings is 1. The van der Waals surface area contributed by atoms with Crippen LogP contribution in [-0.2, 0) is 0 Å². The number of hydrogen-bond acceptors (Lipinski definition) is 4. The number of aryl methyl sites for hydroxylation is 2. The molecule has 0 spiro atoms. The first kappa shape index (κ1) is 10.1. The summed E-state index contributed by atoms with van der Waals surface area (Å²) in [7, 11) is 0. The Labute approximate surface area is 99.2 Å². The van der Waals surface area contributed by atoms with E-state index >= 15 is 0 Å². The van der Waals surface area contributed by atoms with Crippen molar-refractivity contribution in [2.24, 2.45) is 0 Å². The number of fused-ring (bicyclic) bond motifs is 1. The molecule has 0 saturated heterocycles. The van der Waals surface area contributed by atoms with Crippen LogP contribution in [-0.4, -0.2) is 16.8 Å². The maximum absolute atomic E-state index is 5.34. The maximum atomic E-state index is 5.34. The van der Waals surface area contributed by atoms with Crippen molar-refractivity contribution in [1.82, 2.24) is 9.97 Å². The number of hydrogen-bond donors (Lipinski definition) is 0. The highest BCUT2D eigenvalue weighted by molar-refractivity contribution is 5.61. The van der Waals surface area contributed by atoms with E-state index in [0.717, 1.165) is 34.3 Å². The fourth-order valence-electron chi connectivity index (χ4n) is 1.89. The van der Waals surface area contributed by atoms with E-state index in [0.29, 0.717) is 0 Å². The zero-order valence-electron chi connectivity index (χ0n) is 9.73.